The molecule has 3 rings (SSSR count). The average molecular weight is 350 g/mol. The Balaban J connectivity index is 1.82. The van der Waals surface area contributed by atoms with Gasteiger partial charge in [-0.05, 0) is 31.8 Å². The lowest BCUT2D eigenvalue weighted by molar-refractivity contribution is 0.0705. The number of hydrogen-bond donors (Lipinski definition) is 0. The summed E-state index contributed by atoms with van der Waals surface area (Å²) in [4.78, 5) is 21.2. The van der Waals surface area contributed by atoms with Gasteiger partial charge in [0, 0.05) is 19.8 Å². The molecule has 0 aliphatic rings. The van der Waals surface area contributed by atoms with Crippen molar-refractivity contribution in [2.75, 3.05) is 27.7 Å². The Hall–Kier alpha value is -3.06. The molecule has 0 radical (unpaired) electrons. The van der Waals surface area contributed by atoms with Crippen molar-refractivity contribution in [3.8, 4) is 5.82 Å². The number of benzene rings is 1. The molecule has 0 spiro atoms. The summed E-state index contributed by atoms with van der Waals surface area (Å²) in [6.07, 6.45) is 4.73. The van der Waals surface area contributed by atoms with Crippen LogP contribution < -0.4 is 0 Å². The van der Waals surface area contributed by atoms with Gasteiger partial charge in [0.2, 0.25) is 0 Å². The van der Waals surface area contributed by atoms with Gasteiger partial charge >= 0.3 is 0 Å². The zero-order valence-corrected chi connectivity index (χ0v) is 15.1. The SMILES string of the molecule is CN(C)C[C@@H](c1ccccc1)N(C)C(=O)c1ccc(-n2cnnc2)nc1. The first-order valence-electron chi connectivity index (χ1n) is 8.34. The minimum absolute atomic E-state index is 0.0452. The van der Waals surface area contributed by atoms with Crippen molar-refractivity contribution in [3.05, 3.63) is 72.4 Å². The second-order valence-electron chi connectivity index (χ2n) is 6.38. The third-order valence-electron chi connectivity index (χ3n) is 4.19. The number of hydrogen-bond acceptors (Lipinski definition) is 5. The number of likely N-dealkylation sites (N-methyl/N-ethyl adjacent to an activating group) is 2. The van der Waals surface area contributed by atoms with Crippen LogP contribution in [0.15, 0.2) is 61.3 Å². The van der Waals surface area contributed by atoms with E-state index in [0.29, 0.717) is 11.4 Å². The minimum atomic E-state index is -0.0662. The number of aromatic nitrogens is 4. The van der Waals surface area contributed by atoms with Crippen molar-refractivity contribution in [2.24, 2.45) is 0 Å². The highest BCUT2D eigenvalue weighted by Crippen LogP contribution is 2.22. The molecular formula is C19H22N6O. The van der Waals surface area contributed by atoms with Crippen LogP contribution in [0.1, 0.15) is 22.0 Å². The fraction of sp³-hybridized carbons (Fsp3) is 0.263. The summed E-state index contributed by atoms with van der Waals surface area (Å²) >= 11 is 0. The summed E-state index contributed by atoms with van der Waals surface area (Å²) in [5.74, 6) is 0.602. The van der Waals surface area contributed by atoms with E-state index in [-0.39, 0.29) is 11.9 Å². The monoisotopic (exact) mass is 350 g/mol. The topological polar surface area (TPSA) is 67.2 Å². The molecule has 0 aliphatic heterocycles. The lowest BCUT2D eigenvalue weighted by atomic mass is 10.0. The van der Waals surface area contributed by atoms with Crippen molar-refractivity contribution in [2.45, 2.75) is 6.04 Å². The predicted molar refractivity (Wildman–Crippen MR) is 99.0 cm³/mol. The van der Waals surface area contributed by atoms with Crippen LogP contribution in [0, 0.1) is 0 Å². The molecule has 26 heavy (non-hydrogen) atoms. The first-order chi connectivity index (χ1) is 12.6. The highest BCUT2D eigenvalue weighted by atomic mass is 16.2. The quantitative estimate of drug-likeness (QED) is 0.680. The van der Waals surface area contributed by atoms with E-state index in [1.54, 1.807) is 40.5 Å². The maximum Gasteiger partial charge on any atom is 0.255 e. The van der Waals surface area contributed by atoms with Crippen LogP contribution in [-0.4, -0.2) is 63.1 Å². The smallest absolute Gasteiger partial charge is 0.255 e. The van der Waals surface area contributed by atoms with Crippen molar-refractivity contribution in [1.29, 1.82) is 0 Å². The van der Waals surface area contributed by atoms with Crippen LogP contribution in [0.3, 0.4) is 0 Å². The van der Waals surface area contributed by atoms with Crippen molar-refractivity contribution in [3.63, 3.8) is 0 Å². The maximum atomic E-state index is 13.0. The van der Waals surface area contributed by atoms with Gasteiger partial charge in [-0.15, -0.1) is 10.2 Å². The molecule has 1 amide bonds. The Morgan fingerprint density at radius 3 is 2.31 bits per heavy atom. The van der Waals surface area contributed by atoms with E-state index < -0.39 is 0 Å². The summed E-state index contributed by atoms with van der Waals surface area (Å²) in [6.45, 7) is 0.735. The maximum absolute atomic E-state index is 13.0. The summed E-state index contributed by atoms with van der Waals surface area (Å²) in [5.41, 5.74) is 1.65. The molecule has 2 aromatic heterocycles. The Morgan fingerprint density at radius 1 is 1.04 bits per heavy atom. The molecule has 0 saturated heterocycles. The third kappa shape index (κ3) is 3.94. The van der Waals surface area contributed by atoms with Gasteiger partial charge in [0.15, 0.2) is 0 Å². The van der Waals surface area contributed by atoms with E-state index in [1.165, 1.54) is 0 Å². The molecule has 1 atom stereocenters. The van der Waals surface area contributed by atoms with E-state index in [4.69, 9.17) is 0 Å². The minimum Gasteiger partial charge on any atom is -0.333 e. The van der Waals surface area contributed by atoms with E-state index in [9.17, 15) is 4.79 Å². The standard InChI is InChI=1S/C19H22N6O/c1-23(2)12-17(15-7-5-4-6-8-15)24(3)19(26)16-9-10-18(20-11-16)25-13-21-22-14-25/h4-11,13-14,17H,12H2,1-3H3/t17-/m0/s1. The normalized spacial score (nSPS) is 12.2. The summed E-state index contributed by atoms with van der Waals surface area (Å²) in [7, 11) is 5.84. The van der Waals surface area contributed by atoms with Crippen LogP contribution in [0.2, 0.25) is 0 Å². The fourth-order valence-corrected chi connectivity index (χ4v) is 2.80. The van der Waals surface area contributed by atoms with E-state index in [0.717, 1.165) is 12.1 Å². The van der Waals surface area contributed by atoms with E-state index >= 15 is 0 Å². The second kappa shape index (κ2) is 7.88. The largest absolute Gasteiger partial charge is 0.333 e. The average Bonchev–Trinajstić information content (AvgIpc) is 3.20. The van der Waals surface area contributed by atoms with Crippen LogP contribution in [0.5, 0.6) is 0 Å². The van der Waals surface area contributed by atoms with Crippen LogP contribution >= 0.6 is 0 Å². The van der Waals surface area contributed by atoms with Crippen molar-refractivity contribution in [1.82, 2.24) is 29.5 Å². The van der Waals surface area contributed by atoms with Crippen LogP contribution in [0.4, 0.5) is 0 Å². The molecule has 7 heteroatoms. The number of pyridine rings is 1. The molecule has 0 bridgehead atoms. The number of amides is 1. The van der Waals surface area contributed by atoms with E-state index in [2.05, 4.69) is 20.1 Å². The molecule has 0 aliphatic carbocycles. The molecule has 134 valence electrons. The van der Waals surface area contributed by atoms with Crippen LogP contribution in [-0.2, 0) is 0 Å². The third-order valence-corrected chi connectivity index (χ3v) is 4.19. The first kappa shape index (κ1) is 17.8. The van der Waals surface area contributed by atoms with Gasteiger partial charge in [0.1, 0.15) is 18.5 Å². The Morgan fingerprint density at radius 2 is 1.73 bits per heavy atom. The Bertz CT molecular complexity index is 830. The molecule has 7 nitrogen and oxygen atoms in total. The molecule has 1 aromatic carbocycles. The molecule has 3 aromatic rings. The zero-order chi connectivity index (χ0) is 18.5. The lowest BCUT2D eigenvalue weighted by Crippen LogP contribution is -2.37. The van der Waals surface area contributed by atoms with Gasteiger partial charge in [-0.3, -0.25) is 9.36 Å². The summed E-state index contributed by atoms with van der Waals surface area (Å²) < 4.78 is 1.69. The second-order valence-corrected chi connectivity index (χ2v) is 6.38. The van der Waals surface area contributed by atoms with Gasteiger partial charge < -0.3 is 9.80 Å². The number of carbonyl (C=O) groups excluding carboxylic acids is 1. The first-order valence-corrected chi connectivity index (χ1v) is 8.34. The molecule has 2 heterocycles. The fourth-order valence-electron chi connectivity index (χ4n) is 2.80. The van der Waals surface area contributed by atoms with Crippen molar-refractivity contribution < 1.29 is 4.79 Å². The summed E-state index contributed by atoms with van der Waals surface area (Å²) in [5, 5.41) is 7.52. The number of carbonyl (C=O) groups is 1. The highest BCUT2D eigenvalue weighted by Gasteiger charge is 2.23. The van der Waals surface area contributed by atoms with Gasteiger partial charge in [0.05, 0.1) is 11.6 Å². The zero-order valence-electron chi connectivity index (χ0n) is 15.1. The number of rotatable bonds is 6. The van der Waals surface area contributed by atoms with Gasteiger partial charge in [-0.2, -0.15) is 0 Å². The summed E-state index contributed by atoms with van der Waals surface area (Å²) in [6, 6.07) is 13.6. The predicted octanol–water partition coefficient (Wildman–Crippen LogP) is 2.04. The number of nitrogens with zero attached hydrogens (tertiary/aromatic N) is 6. The van der Waals surface area contributed by atoms with Crippen LogP contribution in [0.25, 0.3) is 5.82 Å². The van der Waals surface area contributed by atoms with Crippen molar-refractivity contribution >= 4 is 5.91 Å². The van der Waals surface area contributed by atoms with Gasteiger partial charge in [-0.25, -0.2) is 4.98 Å². The molecule has 0 unspecified atom stereocenters. The molecule has 0 N–H and O–H groups in total. The molecule has 0 fully saturated rings. The van der Waals surface area contributed by atoms with Gasteiger partial charge in [0.25, 0.3) is 5.91 Å². The lowest BCUT2D eigenvalue weighted by Gasteiger charge is -2.31. The highest BCUT2D eigenvalue weighted by molar-refractivity contribution is 5.94. The Kier molecular flexibility index (Phi) is 5.38. The Labute approximate surface area is 152 Å². The van der Waals surface area contributed by atoms with E-state index in [1.807, 2.05) is 51.5 Å². The molecule has 0 saturated carbocycles. The van der Waals surface area contributed by atoms with Gasteiger partial charge in [-0.1, -0.05) is 30.3 Å². The molecular weight excluding hydrogens is 328 g/mol.